The van der Waals surface area contributed by atoms with Crippen LogP contribution in [0.1, 0.15) is 64.3 Å². The lowest BCUT2D eigenvalue weighted by atomic mass is 9.90. The van der Waals surface area contributed by atoms with Crippen LogP contribution < -0.4 is 10.6 Å². The van der Waals surface area contributed by atoms with E-state index in [1.54, 1.807) is 25.7 Å². The second-order valence-electron chi connectivity index (χ2n) is 12.0. The summed E-state index contributed by atoms with van der Waals surface area (Å²) >= 11 is 4.38. The Labute approximate surface area is 243 Å². The molecule has 40 heavy (non-hydrogen) atoms. The predicted molar refractivity (Wildman–Crippen MR) is 165 cm³/mol. The minimum Gasteiger partial charge on any atom is -0.444 e. The molecule has 0 spiro atoms. The number of nitrogens with zero attached hydrogens (tertiary/aromatic N) is 1. The Morgan fingerprint density at radius 2 is 1.48 bits per heavy atom. The average Bonchev–Trinajstić information content (AvgIpc) is 2.84. The highest BCUT2D eigenvalue weighted by atomic mass is 32.1. The average molecular weight is 564 g/mol. The van der Waals surface area contributed by atoms with Gasteiger partial charge in [0.15, 0.2) is 0 Å². The molecule has 2 N–H and O–H groups in total. The molecule has 0 radical (unpaired) electrons. The van der Waals surface area contributed by atoms with Crippen LogP contribution in [-0.2, 0) is 14.3 Å². The van der Waals surface area contributed by atoms with Crippen molar-refractivity contribution in [2.45, 2.75) is 78.6 Å². The molecule has 0 heterocycles. The van der Waals surface area contributed by atoms with Crippen molar-refractivity contribution in [1.29, 1.82) is 0 Å². The van der Waals surface area contributed by atoms with E-state index < -0.39 is 35.2 Å². The highest BCUT2D eigenvalue weighted by molar-refractivity contribution is 7.80. The van der Waals surface area contributed by atoms with E-state index in [0.717, 1.165) is 27.5 Å². The fourth-order valence-electron chi connectivity index (χ4n) is 4.76. The molecular formula is C32H41N3O4S. The molecule has 0 aliphatic carbocycles. The van der Waals surface area contributed by atoms with Crippen LogP contribution in [-0.4, -0.2) is 45.7 Å². The van der Waals surface area contributed by atoms with Crippen LogP contribution in [0.2, 0.25) is 0 Å². The number of carbonyl (C=O) groups is 3. The second-order valence-corrected chi connectivity index (χ2v) is 12.4. The zero-order valence-electron chi connectivity index (χ0n) is 24.7. The van der Waals surface area contributed by atoms with Gasteiger partial charge in [0.05, 0.1) is 0 Å². The summed E-state index contributed by atoms with van der Waals surface area (Å²) < 4.78 is 5.40. The van der Waals surface area contributed by atoms with Crippen molar-refractivity contribution in [3.8, 4) is 0 Å². The maximum absolute atomic E-state index is 14.2. The number of fused-ring (bicyclic) bond motifs is 1. The van der Waals surface area contributed by atoms with Gasteiger partial charge in [0.25, 0.3) is 5.91 Å². The monoisotopic (exact) mass is 563 g/mol. The molecule has 2 unspecified atom stereocenters. The SMILES string of the molecule is Cc1cccc(C)c1C(C(=O)Nc1ccc2ccccc2c1)N(C(=O)C(CS)NC(=O)OC(C)(C)C)C(C)(C)C. The van der Waals surface area contributed by atoms with Gasteiger partial charge in [-0.15, -0.1) is 0 Å². The molecule has 0 bridgehead atoms. The Hall–Kier alpha value is -3.52. The topological polar surface area (TPSA) is 87.7 Å². The molecular weight excluding hydrogens is 522 g/mol. The Bertz CT molecular complexity index is 1370. The van der Waals surface area contributed by atoms with E-state index in [0.29, 0.717) is 5.69 Å². The van der Waals surface area contributed by atoms with Crippen molar-refractivity contribution in [3.05, 3.63) is 77.4 Å². The van der Waals surface area contributed by atoms with E-state index in [-0.39, 0.29) is 11.7 Å². The van der Waals surface area contributed by atoms with Crippen molar-refractivity contribution in [2.75, 3.05) is 11.1 Å². The van der Waals surface area contributed by atoms with Crippen molar-refractivity contribution >= 4 is 47.0 Å². The maximum atomic E-state index is 14.2. The van der Waals surface area contributed by atoms with Crippen molar-refractivity contribution < 1.29 is 19.1 Å². The third kappa shape index (κ3) is 7.56. The molecule has 0 aliphatic rings. The van der Waals surface area contributed by atoms with E-state index in [1.165, 1.54) is 0 Å². The van der Waals surface area contributed by atoms with Crippen LogP contribution >= 0.6 is 12.6 Å². The van der Waals surface area contributed by atoms with Gasteiger partial charge in [-0.2, -0.15) is 12.6 Å². The Balaban J connectivity index is 2.08. The van der Waals surface area contributed by atoms with E-state index in [4.69, 9.17) is 4.74 Å². The number of amides is 3. The third-order valence-electron chi connectivity index (χ3n) is 6.47. The number of benzene rings is 3. The van der Waals surface area contributed by atoms with Gasteiger partial charge >= 0.3 is 6.09 Å². The first-order valence-electron chi connectivity index (χ1n) is 13.4. The minimum atomic E-state index is -1.02. The Morgan fingerprint density at radius 3 is 2.02 bits per heavy atom. The fourth-order valence-corrected chi connectivity index (χ4v) is 5.01. The molecule has 0 saturated carbocycles. The van der Waals surface area contributed by atoms with Gasteiger partial charge in [-0.05, 0) is 95.0 Å². The lowest BCUT2D eigenvalue weighted by Gasteiger charge is -2.43. The molecule has 8 heteroatoms. The number of hydrogen-bond acceptors (Lipinski definition) is 5. The molecule has 214 valence electrons. The van der Waals surface area contributed by atoms with Crippen LogP contribution in [0.4, 0.5) is 10.5 Å². The Morgan fingerprint density at radius 1 is 0.875 bits per heavy atom. The van der Waals surface area contributed by atoms with Gasteiger partial charge in [0.1, 0.15) is 17.7 Å². The molecule has 0 fully saturated rings. The molecule has 0 saturated heterocycles. The first-order valence-corrected chi connectivity index (χ1v) is 14.0. The summed E-state index contributed by atoms with van der Waals surface area (Å²) in [6.45, 7) is 14.7. The number of aryl methyl sites for hydroxylation is 2. The summed E-state index contributed by atoms with van der Waals surface area (Å²) in [6, 6.07) is 17.4. The summed E-state index contributed by atoms with van der Waals surface area (Å²) in [5, 5.41) is 7.77. The van der Waals surface area contributed by atoms with Crippen LogP contribution in [0.25, 0.3) is 10.8 Å². The summed E-state index contributed by atoms with van der Waals surface area (Å²) in [5.74, 6) is -0.767. The zero-order valence-corrected chi connectivity index (χ0v) is 25.6. The summed E-state index contributed by atoms with van der Waals surface area (Å²) in [6.07, 6.45) is -0.724. The third-order valence-corrected chi connectivity index (χ3v) is 6.84. The first-order chi connectivity index (χ1) is 18.6. The van der Waals surface area contributed by atoms with Crippen molar-refractivity contribution in [3.63, 3.8) is 0 Å². The predicted octanol–water partition coefficient (Wildman–Crippen LogP) is 6.59. The summed E-state index contributed by atoms with van der Waals surface area (Å²) in [7, 11) is 0. The van der Waals surface area contributed by atoms with Gasteiger partial charge in [0.2, 0.25) is 5.91 Å². The lowest BCUT2D eigenvalue weighted by molar-refractivity contribution is -0.146. The molecule has 3 amide bonds. The summed E-state index contributed by atoms with van der Waals surface area (Å²) in [4.78, 5) is 42.6. The number of alkyl carbamates (subject to hydrolysis) is 1. The van der Waals surface area contributed by atoms with Gasteiger partial charge in [-0.25, -0.2) is 4.79 Å². The van der Waals surface area contributed by atoms with E-state index in [9.17, 15) is 14.4 Å². The molecule has 2 atom stereocenters. The largest absolute Gasteiger partial charge is 0.444 e. The quantitative estimate of drug-likeness (QED) is 0.283. The molecule has 7 nitrogen and oxygen atoms in total. The Kier molecular flexibility index (Phi) is 9.56. The smallest absolute Gasteiger partial charge is 0.408 e. The number of nitrogens with one attached hydrogen (secondary N) is 2. The first kappa shape index (κ1) is 31.0. The number of hydrogen-bond donors (Lipinski definition) is 3. The fraction of sp³-hybridized carbons (Fsp3) is 0.406. The lowest BCUT2D eigenvalue weighted by Crippen LogP contribution is -2.58. The van der Waals surface area contributed by atoms with Crippen LogP contribution in [0.15, 0.2) is 60.7 Å². The highest BCUT2D eigenvalue weighted by Crippen LogP contribution is 2.35. The van der Waals surface area contributed by atoms with E-state index >= 15 is 0 Å². The van der Waals surface area contributed by atoms with Crippen molar-refractivity contribution in [1.82, 2.24) is 10.2 Å². The molecule has 0 aromatic heterocycles. The minimum absolute atomic E-state index is 0.0242. The number of rotatable bonds is 7. The van der Waals surface area contributed by atoms with Gasteiger partial charge in [-0.1, -0.05) is 48.5 Å². The molecule has 3 aromatic rings. The van der Waals surface area contributed by atoms with Crippen LogP contribution in [0.3, 0.4) is 0 Å². The second kappa shape index (κ2) is 12.3. The number of ether oxygens (including phenoxy) is 1. The maximum Gasteiger partial charge on any atom is 0.408 e. The highest BCUT2D eigenvalue weighted by Gasteiger charge is 2.42. The number of carbonyl (C=O) groups excluding carboxylic acids is 3. The van der Waals surface area contributed by atoms with Crippen LogP contribution in [0.5, 0.6) is 0 Å². The normalized spacial score (nSPS) is 13.3. The summed E-state index contributed by atoms with van der Waals surface area (Å²) in [5.41, 5.74) is 1.58. The standard InChI is InChI=1S/C32H41N3O4S/c1-20-12-11-13-21(2)26(20)27(28(36)33-24-17-16-22-14-9-10-15-23(22)18-24)35(31(3,4)5)29(37)25(19-40)34-30(38)39-32(6,7)8/h9-18,25,27,40H,19H2,1-8H3,(H,33,36)(H,34,38). The molecule has 0 aliphatic heterocycles. The van der Waals surface area contributed by atoms with E-state index in [2.05, 4.69) is 23.3 Å². The van der Waals surface area contributed by atoms with Gasteiger partial charge < -0.3 is 20.3 Å². The van der Waals surface area contributed by atoms with Gasteiger partial charge in [-0.3, -0.25) is 9.59 Å². The number of thiol groups is 1. The van der Waals surface area contributed by atoms with Crippen molar-refractivity contribution in [2.24, 2.45) is 0 Å². The zero-order chi connectivity index (χ0) is 29.8. The van der Waals surface area contributed by atoms with Crippen LogP contribution in [0, 0.1) is 13.8 Å². The number of anilines is 1. The van der Waals surface area contributed by atoms with E-state index in [1.807, 2.05) is 95.3 Å². The van der Waals surface area contributed by atoms with Gasteiger partial charge in [0, 0.05) is 17.0 Å². The molecule has 3 rings (SSSR count). The molecule has 3 aromatic carbocycles.